The Labute approximate surface area is 115 Å². The number of nitrogens with one attached hydrogen (secondary N) is 2. The van der Waals surface area contributed by atoms with E-state index in [1.165, 1.54) is 0 Å². The average Bonchev–Trinajstić information content (AvgIpc) is 2.38. The van der Waals surface area contributed by atoms with Crippen molar-refractivity contribution < 1.29 is 17.7 Å². The molecule has 0 spiro atoms. The summed E-state index contributed by atoms with van der Waals surface area (Å²) in [4.78, 5) is 9.85. The second-order valence-corrected chi connectivity index (χ2v) is 6.51. The molecule has 2 rings (SSSR count). The lowest BCUT2D eigenvalue weighted by molar-refractivity contribution is -0.385. The first-order valence-corrected chi connectivity index (χ1v) is 7.60. The Morgan fingerprint density at radius 1 is 1.30 bits per heavy atom. The van der Waals surface area contributed by atoms with Crippen molar-refractivity contribution in [3.8, 4) is 0 Å². The van der Waals surface area contributed by atoms with E-state index in [2.05, 4.69) is 10.0 Å². The van der Waals surface area contributed by atoms with Gasteiger partial charge >= 0.3 is 0 Å². The van der Waals surface area contributed by atoms with Gasteiger partial charge in [0.1, 0.15) is 5.82 Å². The summed E-state index contributed by atoms with van der Waals surface area (Å²) in [5.41, 5.74) is -0.622. The smallest absolute Gasteiger partial charge is 0.274 e. The average molecular weight is 303 g/mol. The second kappa shape index (κ2) is 5.71. The number of nitrogens with zero attached hydrogens (tertiary/aromatic N) is 1. The molecule has 0 saturated carbocycles. The quantitative estimate of drug-likeness (QED) is 0.643. The SMILES string of the molecule is O=[N+]([O-])c1cc(F)cc(NS(=O)(=O)C2CCNCC2)c1. The molecule has 1 fully saturated rings. The molecule has 0 amide bonds. The number of halogens is 1. The molecular weight excluding hydrogens is 289 g/mol. The van der Waals surface area contributed by atoms with Gasteiger partial charge in [-0.3, -0.25) is 14.8 Å². The maximum atomic E-state index is 13.3. The van der Waals surface area contributed by atoms with Crippen LogP contribution in [-0.4, -0.2) is 31.7 Å². The monoisotopic (exact) mass is 303 g/mol. The number of hydrogen-bond donors (Lipinski definition) is 2. The number of piperidine rings is 1. The highest BCUT2D eigenvalue weighted by atomic mass is 32.2. The Hall–Kier alpha value is -1.74. The number of benzene rings is 1. The van der Waals surface area contributed by atoms with Crippen molar-refractivity contribution >= 4 is 21.4 Å². The molecule has 0 radical (unpaired) electrons. The highest BCUT2D eigenvalue weighted by molar-refractivity contribution is 7.93. The Kier molecular flexibility index (Phi) is 4.19. The Morgan fingerprint density at radius 3 is 2.55 bits per heavy atom. The number of nitro groups is 1. The number of rotatable bonds is 4. The highest BCUT2D eigenvalue weighted by Gasteiger charge is 2.27. The minimum absolute atomic E-state index is 0.129. The van der Waals surface area contributed by atoms with Crippen molar-refractivity contribution in [3.63, 3.8) is 0 Å². The second-order valence-electron chi connectivity index (χ2n) is 4.55. The fraction of sp³-hybridized carbons (Fsp3) is 0.455. The van der Waals surface area contributed by atoms with Crippen LogP contribution in [0.15, 0.2) is 18.2 Å². The lowest BCUT2D eigenvalue weighted by atomic mass is 10.2. The van der Waals surface area contributed by atoms with Crippen molar-refractivity contribution in [1.82, 2.24) is 5.32 Å². The molecule has 0 unspecified atom stereocenters. The lowest BCUT2D eigenvalue weighted by Crippen LogP contribution is -2.38. The summed E-state index contributed by atoms with van der Waals surface area (Å²) in [7, 11) is -3.67. The van der Waals surface area contributed by atoms with Gasteiger partial charge in [0.2, 0.25) is 10.0 Å². The molecule has 7 nitrogen and oxygen atoms in total. The predicted molar refractivity (Wildman–Crippen MR) is 71.5 cm³/mol. The predicted octanol–water partition coefficient (Wildman–Crippen LogP) is 1.23. The van der Waals surface area contributed by atoms with Crippen LogP contribution in [0.3, 0.4) is 0 Å². The van der Waals surface area contributed by atoms with Crippen LogP contribution in [0, 0.1) is 15.9 Å². The number of nitro benzene ring substituents is 1. The van der Waals surface area contributed by atoms with E-state index in [1.54, 1.807) is 0 Å². The number of hydrogen-bond acceptors (Lipinski definition) is 5. The van der Waals surface area contributed by atoms with Crippen LogP contribution in [0.25, 0.3) is 0 Å². The summed E-state index contributed by atoms with van der Waals surface area (Å²) in [6.45, 7) is 1.18. The number of non-ortho nitro benzene ring substituents is 1. The minimum atomic E-state index is -3.67. The molecule has 0 atom stereocenters. The number of sulfonamides is 1. The van der Waals surface area contributed by atoms with Crippen LogP contribution in [-0.2, 0) is 10.0 Å². The molecule has 0 aromatic heterocycles. The van der Waals surface area contributed by atoms with Crippen molar-refractivity contribution in [2.45, 2.75) is 18.1 Å². The summed E-state index contributed by atoms with van der Waals surface area (Å²) >= 11 is 0. The van der Waals surface area contributed by atoms with Crippen molar-refractivity contribution in [3.05, 3.63) is 34.1 Å². The summed E-state index contributed by atoms with van der Waals surface area (Å²) in [5, 5.41) is 13.1. The lowest BCUT2D eigenvalue weighted by Gasteiger charge is -2.23. The summed E-state index contributed by atoms with van der Waals surface area (Å²) in [6.07, 6.45) is 0.902. The summed E-state index contributed by atoms with van der Waals surface area (Å²) in [6, 6.07) is 2.66. The van der Waals surface area contributed by atoms with Gasteiger partial charge in [0.25, 0.3) is 5.69 Å². The molecule has 110 valence electrons. The van der Waals surface area contributed by atoms with Gasteiger partial charge in [0.05, 0.1) is 21.9 Å². The van der Waals surface area contributed by atoms with Crippen molar-refractivity contribution in [2.75, 3.05) is 17.8 Å². The molecular formula is C11H14FN3O4S. The van der Waals surface area contributed by atoms with Crippen LogP contribution < -0.4 is 10.0 Å². The van der Waals surface area contributed by atoms with Gasteiger partial charge in [-0.05, 0) is 32.0 Å². The van der Waals surface area contributed by atoms with E-state index in [1.807, 2.05) is 0 Å². The van der Waals surface area contributed by atoms with Gasteiger partial charge in [0.15, 0.2) is 0 Å². The zero-order valence-electron chi connectivity index (χ0n) is 10.5. The van der Waals surface area contributed by atoms with Crippen molar-refractivity contribution in [1.29, 1.82) is 0 Å². The zero-order valence-corrected chi connectivity index (χ0v) is 11.3. The first kappa shape index (κ1) is 14.7. The Balaban J connectivity index is 2.22. The van der Waals surface area contributed by atoms with Crippen LogP contribution in [0.4, 0.5) is 15.8 Å². The fourth-order valence-electron chi connectivity index (χ4n) is 2.09. The molecule has 1 aromatic rings. The van der Waals surface area contributed by atoms with Gasteiger partial charge in [-0.25, -0.2) is 12.8 Å². The van der Waals surface area contributed by atoms with E-state index in [0.717, 1.165) is 18.2 Å². The molecule has 1 aliphatic rings. The molecule has 0 bridgehead atoms. The van der Waals surface area contributed by atoms with E-state index in [4.69, 9.17) is 0 Å². The molecule has 1 aliphatic heterocycles. The van der Waals surface area contributed by atoms with Crippen LogP contribution in [0.2, 0.25) is 0 Å². The van der Waals surface area contributed by atoms with Gasteiger partial charge in [-0.2, -0.15) is 0 Å². The molecule has 1 saturated heterocycles. The topological polar surface area (TPSA) is 101 Å². The Bertz CT molecular complexity index is 614. The minimum Gasteiger partial charge on any atom is -0.317 e. The van der Waals surface area contributed by atoms with Gasteiger partial charge in [0, 0.05) is 6.07 Å². The standard InChI is InChI=1S/C11H14FN3O4S/c12-8-5-9(7-10(6-8)15(16)17)14-20(18,19)11-1-3-13-4-2-11/h5-7,11,13-14H,1-4H2. The first-order chi connectivity index (χ1) is 9.38. The van der Waals surface area contributed by atoms with Gasteiger partial charge in [-0.1, -0.05) is 0 Å². The van der Waals surface area contributed by atoms with Crippen molar-refractivity contribution in [2.24, 2.45) is 0 Å². The first-order valence-electron chi connectivity index (χ1n) is 6.06. The Morgan fingerprint density at radius 2 is 1.95 bits per heavy atom. The highest BCUT2D eigenvalue weighted by Crippen LogP contribution is 2.23. The van der Waals surface area contributed by atoms with Crippen LogP contribution >= 0.6 is 0 Å². The molecule has 20 heavy (non-hydrogen) atoms. The maximum absolute atomic E-state index is 13.3. The van der Waals surface area contributed by atoms with E-state index < -0.39 is 31.7 Å². The fourth-order valence-corrected chi connectivity index (χ4v) is 3.56. The third-order valence-corrected chi connectivity index (χ3v) is 4.95. The third-order valence-electron chi connectivity index (χ3n) is 3.08. The van der Waals surface area contributed by atoms with Crippen LogP contribution in [0.5, 0.6) is 0 Å². The molecule has 9 heteroatoms. The van der Waals surface area contributed by atoms with Gasteiger partial charge in [-0.15, -0.1) is 0 Å². The molecule has 2 N–H and O–H groups in total. The molecule has 1 heterocycles. The normalized spacial score (nSPS) is 16.9. The summed E-state index contributed by atoms with van der Waals surface area (Å²) < 4.78 is 39.7. The van der Waals surface area contributed by atoms with Crippen LogP contribution in [0.1, 0.15) is 12.8 Å². The number of anilines is 1. The largest absolute Gasteiger partial charge is 0.317 e. The van der Waals surface area contributed by atoms with E-state index in [9.17, 15) is 22.9 Å². The zero-order chi connectivity index (χ0) is 14.8. The maximum Gasteiger partial charge on any atom is 0.274 e. The van der Waals surface area contributed by atoms with E-state index in [0.29, 0.717) is 25.9 Å². The van der Waals surface area contributed by atoms with Gasteiger partial charge < -0.3 is 5.32 Å². The van der Waals surface area contributed by atoms with E-state index >= 15 is 0 Å². The molecule has 0 aliphatic carbocycles. The summed E-state index contributed by atoms with van der Waals surface area (Å²) in [5.74, 6) is -0.859. The third kappa shape index (κ3) is 3.42. The van der Waals surface area contributed by atoms with E-state index in [-0.39, 0.29) is 5.69 Å². The molecule has 1 aromatic carbocycles.